The van der Waals surface area contributed by atoms with Crippen molar-refractivity contribution in [2.75, 3.05) is 26.2 Å². The van der Waals surface area contributed by atoms with Crippen LogP contribution in [0, 0.1) is 0 Å². The molecule has 1 aliphatic heterocycles. The second-order valence-electron chi connectivity index (χ2n) is 5.95. The highest BCUT2D eigenvalue weighted by molar-refractivity contribution is 7.08. The van der Waals surface area contributed by atoms with Crippen LogP contribution in [0.1, 0.15) is 49.4 Å². The Morgan fingerprint density at radius 2 is 2.22 bits per heavy atom. The summed E-state index contributed by atoms with van der Waals surface area (Å²) >= 11 is 1.51. The summed E-state index contributed by atoms with van der Waals surface area (Å²) in [7, 11) is 0. The first-order valence-electron chi connectivity index (χ1n) is 8.52. The number of thiophene rings is 1. The van der Waals surface area contributed by atoms with Crippen molar-refractivity contribution in [1.82, 2.24) is 15.5 Å². The highest BCUT2D eigenvalue weighted by atomic mass is 32.1. The molecule has 6 heteroatoms. The zero-order valence-electron chi connectivity index (χ0n) is 13.8. The van der Waals surface area contributed by atoms with Gasteiger partial charge in [0.15, 0.2) is 0 Å². The Morgan fingerprint density at radius 3 is 2.96 bits per heavy atom. The Morgan fingerprint density at radius 1 is 1.35 bits per heavy atom. The van der Waals surface area contributed by atoms with Gasteiger partial charge in [-0.2, -0.15) is 11.3 Å². The second kappa shape index (κ2) is 9.67. The molecule has 1 fully saturated rings. The third kappa shape index (κ3) is 5.95. The molecule has 5 nitrogen and oxygen atoms in total. The van der Waals surface area contributed by atoms with E-state index in [9.17, 15) is 9.59 Å². The molecule has 0 aromatic carbocycles. The van der Waals surface area contributed by atoms with E-state index in [-0.39, 0.29) is 11.8 Å². The van der Waals surface area contributed by atoms with E-state index in [2.05, 4.69) is 22.5 Å². The minimum Gasteiger partial charge on any atom is -0.355 e. The molecule has 2 amide bonds. The Labute approximate surface area is 142 Å². The highest BCUT2D eigenvalue weighted by Gasteiger charge is 2.21. The van der Waals surface area contributed by atoms with E-state index in [4.69, 9.17) is 0 Å². The van der Waals surface area contributed by atoms with E-state index in [0.29, 0.717) is 31.0 Å². The molecule has 0 radical (unpaired) electrons. The topological polar surface area (TPSA) is 61.4 Å². The summed E-state index contributed by atoms with van der Waals surface area (Å²) in [6.07, 6.45) is 4.82. The van der Waals surface area contributed by atoms with Gasteiger partial charge in [-0.05, 0) is 43.8 Å². The molecule has 1 unspecified atom stereocenters. The van der Waals surface area contributed by atoms with Gasteiger partial charge in [-0.15, -0.1) is 0 Å². The van der Waals surface area contributed by atoms with Crippen LogP contribution in [-0.4, -0.2) is 48.9 Å². The van der Waals surface area contributed by atoms with E-state index in [0.717, 1.165) is 19.6 Å². The van der Waals surface area contributed by atoms with Gasteiger partial charge in [-0.3, -0.25) is 14.5 Å². The molecule has 1 aliphatic rings. The molecule has 0 bridgehead atoms. The fourth-order valence-electron chi connectivity index (χ4n) is 2.97. The van der Waals surface area contributed by atoms with E-state index < -0.39 is 0 Å². The number of amides is 2. The van der Waals surface area contributed by atoms with Gasteiger partial charge in [0, 0.05) is 36.5 Å². The Kier molecular flexibility index (Phi) is 7.55. The first kappa shape index (κ1) is 17.9. The number of nitrogens with one attached hydrogen (secondary N) is 2. The minimum atomic E-state index is -0.0625. The lowest BCUT2D eigenvalue weighted by molar-refractivity contribution is -0.121. The van der Waals surface area contributed by atoms with Gasteiger partial charge in [-0.25, -0.2) is 0 Å². The predicted molar refractivity (Wildman–Crippen MR) is 93.8 cm³/mol. The summed E-state index contributed by atoms with van der Waals surface area (Å²) < 4.78 is 0. The number of piperidine rings is 1. The van der Waals surface area contributed by atoms with Crippen molar-refractivity contribution in [3.05, 3.63) is 22.4 Å². The van der Waals surface area contributed by atoms with Crippen molar-refractivity contribution in [3.8, 4) is 0 Å². The lowest BCUT2D eigenvalue weighted by Gasteiger charge is -2.34. The molecule has 23 heavy (non-hydrogen) atoms. The molecule has 1 atom stereocenters. The van der Waals surface area contributed by atoms with Crippen LogP contribution in [0.3, 0.4) is 0 Å². The van der Waals surface area contributed by atoms with Crippen molar-refractivity contribution < 1.29 is 9.59 Å². The SMILES string of the molecule is CCN1CCCCC1CNC(=O)CCCNC(=O)c1ccsc1. The van der Waals surface area contributed by atoms with E-state index >= 15 is 0 Å². The van der Waals surface area contributed by atoms with Crippen molar-refractivity contribution >= 4 is 23.2 Å². The zero-order valence-corrected chi connectivity index (χ0v) is 14.7. The number of hydrogen-bond acceptors (Lipinski definition) is 4. The first-order valence-corrected chi connectivity index (χ1v) is 9.46. The first-order chi connectivity index (χ1) is 11.2. The summed E-state index contributed by atoms with van der Waals surface area (Å²) in [5.41, 5.74) is 0.691. The van der Waals surface area contributed by atoms with Crippen LogP contribution in [0.2, 0.25) is 0 Å². The van der Waals surface area contributed by atoms with Crippen LogP contribution in [0.15, 0.2) is 16.8 Å². The molecule has 1 aromatic heterocycles. The fourth-order valence-corrected chi connectivity index (χ4v) is 3.61. The number of carbonyl (C=O) groups is 2. The predicted octanol–water partition coefficient (Wildman–Crippen LogP) is 2.25. The monoisotopic (exact) mass is 337 g/mol. The summed E-state index contributed by atoms with van der Waals surface area (Å²) in [6, 6.07) is 2.28. The van der Waals surface area contributed by atoms with Crippen LogP contribution in [-0.2, 0) is 4.79 Å². The molecule has 1 saturated heterocycles. The normalized spacial score (nSPS) is 18.6. The largest absolute Gasteiger partial charge is 0.355 e. The van der Waals surface area contributed by atoms with Gasteiger partial charge in [0.25, 0.3) is 5.91 Å². The third-order valence-electron chi connectivity index (χ3n) is 4.34. The maximum atomic E-state index is 11.9. The maximum Gasteiger partial charge on any atom is 0.252 e. The summed E-state index contributed by atoms with van der Waals surface area (Å²) in [5, 5.41) is 9.59. The average Bonchev–Trinajstić information content (AvgIpc) is 3.11. The lowest BCUT2D eigenvalue weighted by atomic mass is 10.0. The molecule has 1 aromatic rings. The van der Waals surface area contributed by atoms with Crippen molar-refractivity contribution in [2.24, 2.45) is 0 Å². The second-order valence-corrected chi connectivity index (χ2v) is 6.73. The minimum absolute atomic E-state index is 0.0625. The number of likely N-dealkylation sites (tertiary alicyclic amines) is 1. The van der Waals surface area contributed by atoms with Crippen LogP contribution < -0.4 is 10.6 Å². The molecule has 2 N–H and O–H groups in total. The van der Waals surface area contributed by atoms with E-state index in [1.807, 2.05) is 10.8 Å². The van der Waals surface area contributed by atoms with Gasteiger partial charge in [0.1, 0.15) is 0 Å². The molecule has 0 spiro atoms. The number of rotatable bonds is 8. The fraction of sp³-hybridized carbons (Fsp3) is 0.647. The summed E-state index contributed by atoms with van der Waals surface area (Å²) in [6.45, 7) is 5.65. The Balaban J connectivity index is 1.57. The van der Waals surface area contributed by atoms with Crippen LogP contribution in [0.5, 0.6) is 0 Å². The number of nitrogens with zero attached hydrogens (tertiary/aromatic N) is 1. The summed E-state index contributed by atoms with van der Waals surface area (Å²) in [5.74, 6) is 0.0175. The molecular formula is C17H27N3O2S. The average molecular weight is 337 g/mol. The van der Waals surface area contributed by atoms with Crippen molar-refractivity contribution in [2.45, 2.75) is 45.1 Å². The molecular weight excluding hydrogens is 310 g/mol. The molecule has 128 valence electrons. The zero-order chi connectivity index (χ0) is 16.5. The third-order valence-corrected chi connectivity index (χ3v) is 5.02. The van der Waals surface area contributed by atoms with Gasteiger partial charge in [0.2, 0.25) is 5.91 Å². The lowest BCUT2D eigenvalue weighted by Crippen LogP contribution is -2.46. The molecule has 0 aliphatic carbocycles. The number of hydrogen-bond donors (Lipinski definition) is 2. The Bertz CT molecular complexity index is 490. The molecule has 0 saturated carbocycles. The standard InChI is InChI=1S/C17H27N3O2S/c1-2-20-10-4-3-6-15(20)12-19-16(21)7-5-9-18-17(22)14-8-11-23-13-14/h8,11,13,15H,2-7,9-10,12H2,1H3,(H,18,22)(H,19,21). The van der Waals surface area contributed by atoms with Crippen LogP contribution in [0.25, 0.3) is 0 Å². The van der Waals surface area contributed by atoms with Gasteiger partial charge in [-0.1, -0.05) is 13.3 Å². The van der Waals surface area contributed by atoms with E-state index in [1.54, 1.807) is 6.07 Å². The van der Waals surface area contributed by atoms with Gasteiger partial charge >= 0.3 is 0 Å². The maximum absolute atomic E-state index is 11.9. The van der Waals surface area contributed by atoms with Crippen molar-refractivity contribution in [3.63, 3.8) is 0 Å². The number of likely N-dealkylation sites (N-methyl/N-ethyl adjacent to an activating group) is 1. The van der Waals surface area contributed by atoms with Crippen LogP contribution >= 0.6 is 11.3 Å². The Hall–Kier alpha value is -1.40. The van der Waals surface area contributed by atoms with E-state index in [1.165, 1.54) is 30.6 Å². The van der Waals surface area contributed by atoms with Crippen molar-refractivity contribution in [1.29, 1.82) is 0 Å². The van der Waals surface area contributed by atoms with Gasteiger partial charge in [0.05, 0.1) is 0 Å². The molecule has 2 heterocycles. The summed E-state index contributed by atoms with van der Waals surface area (Å²) in [4.78, 5) is 26.1. The molecule has 2 rings (SSSR count). The highest BCUT2D eigenvalue weighted by Crippen LogP contribution is 2.15. The number of carbonyl (C=O) groups excluding carboxylic acids is 2. The van der Waals surface area contributed by atoms with Gasteiger partial charge < -0.3 is 10.6 Å². The quantitative estimate of drug-likeness (QED) is 0.715. The smallest absolute Gasteiger partial charge is 0.252 e. The van der Waals surface area contributed by atoms with Crippen LogP contribution in [0.4, 0.5) is 0 Å².